The van der Waals surface area contributed by atoms with Crippen LogP contribution in [0.3, 0.4) is 0 Å². The van der Waals surface area contributed by atoms with Crippen molar-refractivity contribution in [3.63, 3.8) is 0 Å². The number of ether oxygens (including phenoxy) is 1. The molecule has 3 atom stereocenters. The van der Waals surface area contributed by atoms with Crippen LogP contribution in [0.25, 0.3) is 22.0 Å². The van der Waals surface area contributed by atoms with Gasteiger partial charge in [0.15, 0.2) is 0 Å². The number of phenolic OH excluding ortho intramolecular Hbond substituents is 1. The summed E-state index contributed by atoms with van der Waals surface area (Å²) in [6.45, 7) is 6.04. The van der Waals surface area contributed by atoms with Gasteiger partial charge in [-0.2, -0.15) is 0 Å². The number of aliphatic hydroxyl groups is 1. The monoisotopic (exact) mass is 541 g/mol. The Labute approximate surface area is 236 Å². The summed E-state index contributed by atoms with van der Waals surface area (Å²) >= 11 is 0. The third kappa shape index (κ3) is 5.50. The average Bonchev–Trinajstić information content (AvgIpc) is 3.24. The Balaban J connectivity index is 1.57. The number of hydrogen-bond acceptors (Lipinski definition) is 5. The van der Waals surface area contributed by atoms with Crippen LogP contribution in [-0.2, 0) is 24.9 Å². The van der Waals surface area contributed by atoms with Crippen molar-refractivity contribution in [2.75, 3.05) is 26.7 Å². The molecule has 0 bridgehead atoms. The molecule has 0 aliphatic carbocycles. The molecule has 0 saturated heterocycles. The second-order valence-electron chi connectivity index (χ2n) is 11.1. The Hall–Kier alpha value is -3.65. The number of para-hydroxylation sites is 1. The Bertz CT molecular complexity index is 1500. The Morgan fingerprint density at radius 2 is 1.82 bits per heavy atom. The first kappa shape index (κ1) is 27.9. The molecule has 1 aromatic heterocycles. The quantitative estimate of drug-likeness (QED) is 0.358. The number of nitrogens with zero attached hydrogens (tertiary/aromatic N) is 3. The van der Waals surface area contributed by atoms with Gasteiger partial charge in [-0.05, 0) is 48.9 Å². The summed E-state index contributed by atoms with van der Waals surface area (Å²) < 4.78 is 8.67. The van der Waals surface area contributed by atoms with Gasteiger partial charge in [0.25, 0.3) is 5.91 Å². The number of aliphatic hydroxyl groups excluding tert-OH is 1. The second-order valence-corrected chi connectivity index (χ2v) is 11.1. The van der Waals surface area contributed by atoms with E-state index in [-0.39, 0.29) is 36.3 Å². The highest BCUT2D eigenvalue weighted by Gasteiger charge is 2.33. The van der Waals surface area contributed by atoms with Gasteiger partial charge in [-0.1, -0.05) is 61.5 Å². The zero-order chi connectivity index (χ0) is 28.4. The molecule has 3 aromatic carbocycles. The molecule has 40 heavy (non-hydrogen) atoms. The summed E-state index contributed by atoms with van der Waals surface area (Å²) in [4.78, 5) is 18.4. The number of likely N-dealkylation sites (N-methyl/N-ethyl adjacent to an activating group) is 1. The normalized spacial score (nSPS) is 18.9. The van der Waals surface area contributed by atoms with E-state index in [0.717, 1.165) is 33.2 Å². The summed E-state index contributed by atoms with van der Waals surface area (Å²) in [6.07, 6.45) is -0.172. The van der Waals surface area contributed by atoms with Crippen molar-refractivity contribution >= 4 is 16.8 Å². The fourth-order valence-electron chi connectivity index (χ4n) is 5.86. The molecule has 7 nitrogen and oxygen atoms in total. The summed E-state index contributed by atoms with van der Waals surface area (Å²) in [6, 6.07) is 23.2. The first-order valence-electron chi connectivity index (χ1n) is 13.9. The number of fused-ring (bicyclic) bond motifs is 5. The van der Waals surface area contributed by atoms with E-state index < -0.39 is 0 Å². The zero-order valence-electron chi connectivity index (χ0n) is 23.7. The summed E-state index contributed by atoms with van der Waals surface area (Å²) in [7, 11) is 3.99. The molecule has 0 spiro atoms. The van der Waals surface area contributed by atoms with Gasteiger partial charge in [0.2, 0.25) is 0 Å². The zero-order valence-corrected chi connectivity index (χ0v) is 23.7. The highest BCUT2D eigenvalue weighted by molar-refractivity contribution is 6.10. The molecule has 1 amide bonds. The molecular formula is C33H39N3O4. The van der Waals surface area contributed by atoms with Crippen molar-refractivity contribution in [2.24, 2.45) is 13.0 Å². The van der Waals surface area contributed by atoms with Crippen molar-refractivity contribution < 1.29 is 19.7 Å². The molecule has 5 rings (SSSR count). The Morgan fingerprint density at radius 3 is 2.60 bits per heavy atom. The van der Waals surface area contributed by atoms with Crippen molar-refractivity contribution in [2.45, 2.75) is 39.1 Å². The van der Waals surface area contributed by atoms with E-state index in [1.54, 1.807) is 12.1 Å². The van der Waals surface area contributed by atoms with Crippen LogP contribution in [0.2, 0.25) is 0 Å². The van der Waals surface area contributed by atoms with Gasteiger partial charge in [-0.15, -0.1) is 0 Å². The first-order chi connectivity index (χ1) is 19.3. The van der Waals surface area contributed by atoms with Gasteiger partial charge in [0.1, 0.15) is 11.4 Å². The summed E-state index contributed by atoms with van der Waals surface area (Å²) in [5, 5.41) is 21.1. The van der Waals surface area contributed by atoms with Crippen LogP contribution in [0, 0.1) is 5.92 Å². The molecule has 0 saturated carbocycles. The summed E-state index contributed by atoms with van der Waals surface area (Å²) in [5.41, 5.74) is 5.56. The molecular weight excluding hydrogens is 502 g/mol. The van der Waals surface area contributed by atoms with E-state index in [2.05, 4.69) is 30.0 Å². The minimum atomic E-state index is -0.359. The van der Waals surface area contributed by atoms with Gasteiger partial charge in [0, 0.05) is 49.1 Å². The molecule has 1 aliphatic rings. The van der Waals surface area contributed by atoms with E-state index in [0.29, 0.717) is 31.9 Å². The molecule has 210 valence electrons. The predicted molar refractivity (Wildman–Crippen MR) is 158 cm³/mol. The fourth-order valence-corrected chi connectivity index (χ4v) is 5.86. The van der Waals surface area contributed by atoms with E-state index in [1.165, 1.54) is 0 Å². The number of aromatic hydroxyl groups is 1. The van der Waals surface area contributed by atoms with Crippen molar-refractivity contribution in [1.82, 2.24) is 14.4 Å². The third-order valence-corrected chi connectivity index (χ3v) is 8.08. The minimum absolute atomic E-state index is 0.00651. The SMILES string of the molecule is C[C@@H]1CN([C@H](C)CO)C(=O)c2c(c3ccccc3n2C)-c2ccccc2CO[C@@H]1CN(C)Cc1cccc(O)c1. The van der Waals surface area contributed by atoms with Gasteiger partial charge in [-0.3, -0.25) is 9.69 Å². The van der Waals surface area contributed by atoms with Gasteiger partial charge >= 0.3 is 0 Å². The average molecular weight is 542 g/mol. The molecule has 7 heteroatoms. The number of hydrogen-bond donors (Lipinski definition) is 2. The maximum atomic E-state index is 14.4. The van der Waals surface area contributed by atoms with Crippen LogP contribution >= 0.6 is 0 Å². The molecule has 1 aliphatic heterocycles. The number of rotatable bonds is 6. The van der Waals surface area contributed by atoms with Gasteiger partial charge in [0.05, 0.1) is 25.4 Å². The van der Waals surface area contributed by atoms with Crippen molar-refractivity contribution in [3.8, 4) is 16.9 Å². The summed E-state index contributed by atoms with van der Waals surface area (Å²) in [5.74, 6) is 0.153. The lowest BCUT2D eigenvalue weighted by molar-refractivity contribution is -0.0242. The lowest BCUT2D eigenvalue weighted by atomic mass is 9.96. The molecule has 0 fully saturated rings. The van der Waals surface area contributed by atoms with Crippen molar-refractivity contribution in [1.29, 1.82) is 0 Å². The highest BCUT2D eigenvalue weighted by atomic mass is 16.5. The lowest BCUT2D eigenvalue weighted by Crippen LogP contribution is -2.47. The highest BCUT2D eigenvalue weighted by Crippen LogP contribution is 2.38. The van der Waals surface area contributed by atoms with Crippen molar-refractivity contribution in [3.05, 3.63) is 89.6 Å². The van der Waals surface area contributed by atoms with Crippen LogP contribution < -0.4 is 0 Å². The first-order valence-corrected chi connectivity index (χ1v) is 13.9. The Kier molecular flexibility index (Phi) is 8.26. The number of carbonyl (C=O) groups is 1. The number of aryl methyl sites for hydroxylation is 1. The smallest absolute Gasteiger partial charge is 0.271 e. The number of benzene rings is 3. The fraction of sp³-hybridized carbons (Fsp3) is 0.364. The van der Waals surface area contributed by atoms with Gasteiger partial charge < -0.3 is 24.4 Å². The lowest BCUT2D eigenvalue weighted by Gasteiger charge is -2.35. The van der Waals surface area contributed by atoms with Gasteiger partial charge in [-0.25, -0.2) is 0 Å². The van der Waals surface area contributed by atoms with E-state index in [4.69, 9.17) is 4.74 Å². The maximum Gasteiger partial charge on any atom is 0.271 e. The minimum Gasteiger partial charge on any atom is -0.508 e. The van der Waals surface area contributed by atoms with Crippen LogP contribution in [0.15, 0.2) is 72.8 Å². The topological polar surface area (TPSA) is 78.2 Å². The number of carbonyl (C=O) groups excluding carboxylic acids is 1. The van der Waals surface area contributed by atoms with E-state index in [9.17, 15) is 15.0 Å². The molecule has 0 radical (unpaired) electrons. The second kappa shape index (κ2) is 11.8. The number of phenols is 1. The van der Waals surface area contributed by atoms with Crippen LogP contribution in [0.5, 0.6) is 5.75 Å². The van der Waals surface area contributed by atoms with Crippen LogP contribution in [0.1, 0.15) is 35.5 Å². The molecule has 0 unspecified atom stereocenters. The van der Waals surface area contributed by atoms with E-state index in [1.807, 2.05) is 73.0 Å². The molecule has 2 N–H and O–H groups in total. The molecule has 2 heterocycles. The molecule has 4 aromatic rings. The van der Waals surface area contributed by atoms with E-state index >= 15 is 0 Å². The van der Waals surface area contributed by atoms with Crippen LogP contribution in [0.4, 0.5) is 0 Å². The maximum absolute atomic E-state index is 14.4. The largest absolute Gasteiger partial charge is 0.508 e. The van der Waals surface area contributed by atoms with Crippen LogP contribution in [-0.4, -0.2) is 69.4 Å². The third-order valence-electron chi connectivity index (χ3n) is 8.08. The number of amides is 1. The standard InChI is InChI=1S/C33H39N3O4/c1-22-17-36(23(2)20-37)33(39)32-31(28-14-7-8-15-29(28)35(32)4)27-13-6-5-11-25(27)21-40-30(22)19-34(3)18-24-10-9-12-26(38)16-24/h5-16,22-23,30,37-38H,17-21H2,1-4H3/t22-,23-,30-/m1/s1. The Morgan fingerprint density at radius 1 is 1.07 bits per heavy atom. The predicted octanol–water partition coefficient (Wildman–Crippen LogP) is 5.04. The number of aromatic nitrogens is 1.